The van der Waals surface area contributed by atoms with Gasteiger partial charge in [-0.25, -0.2) is 5.43 Å². The average molecular weight is 339 g/mol. The van der Waals surface area contributed by atoms with Gasteiger partial charge < -0.3 is 9.64 Å². The number of hydrazone groups is 1. The van der Waals surface area contributed by atoms with Gasteiger partial charge in [0.1, 0.15) is 5.75 Å². The Bertz CT molecular complexity index is 686. The quantitative estimate of drug-likeness (QED) is 0.432. The predicted molar refractivity (Wildman–Crippen MR) is 102 cm³/mol. The van der Waals surface area contributed by atoms with Crippen LogP contribution in [0.5, 0.6) is 5.75 Å². The lowest BCUT2D eigenvalue weighted by Gasteiger charge is -2.17. The molecule has 132 valence electrons. The molecule has 1 amide bonds. The van der Waals surface area contributed by atoms with Crippen molar-refractivity contribution in [2.45, 2.75) is 19.8 Å². The highest BCUT2D eigenvalue weighted by Crippen LogP contribution is 2.16. The molecule has 0 aliphatic heterocycles. The van der Waals surface area contributed by atoms with Crippen LogP contribution in [0.1, 0.15) is 25.3 Å². The highest BCUT2D eigenvalue weighted by Gasteiger charge is 2.06. The van der Waals surface area contributed by atoms with Crippen LogP contribution in [0.4, 0.5) is 5.69 Å². The molecule has 2 rings (SSSR count). The fourth-order valence-electron chi connectivity index (χ4n) is 2.24. The molecule has 2 aromatic rings. The number of anilines is 1. The zero-order valence-corrected chi connectivity index (χ0v) is 14.8. The number of para-hydroxylation sites is 2. The number of nitrogens with zero attached hydrogens (tertiary/aromatic N) is 2. The number of nitrogens with one attached hydrogen (secondary N) is 1. The van der Waals surface area contributed by atoms with E-state index < -0.39 is 0 Å². The molecule has 0 atom stereocenters. The second-order valence-corrected chi connectivity index (χ2v) is 5.72. The molecule has 0 aromatic heterocycles. The van der Waals surface area contributed by atoms with Crippen LogP contribution in [0.3, 0.4) is 0 Å². The number of likely N-dealkylation sites (N-methyl/N-ethyl adjacent to an activating group) is 1. The highest BCUT2D eigenvalue weighted by atomic mass is 16.5. The number of ether oxygens (including phenoxy) is 1. The first-order valence-corrected chi connectivity index (χ1v) is 8.50. The SMILES string of the molecule is CCCCOc1ccccc1/C=N/NC(=O)CN(C)c1ccccc1. The van der Waals surface area contributed by atoms with Crippen molar-refractivity contribution in [1.29, 1.82) is 0 Å². The molecule has 25 heavy (non-hydrogen) atoms. The normalized spacial score (nSPS) is 10.6. The first-order chi connectivity index (χ1) is 12.2. The summed E-state index contributed by atoms with van der Waals surface area (Å²) in [6.45, 7) is 3.03. The van der Waals surface area contributed by atoms with Crippen molar-refractivity contribution < 1.29 is 9.53 Å². The molecule has 0 saturated carbocycles. The van der Waals surface area contributed by atoms with E-state index in [1.807, 2.05) is 66.5 Å². The number of benzene rings is 2. The van der Waals surface area contributed by atoms with Gasteiger partial charge >= 0.3 is 0 Å². The van der Waals surface area contributed by atoms with Crippen molar-refractivity contribution in [2.24, 2.45) is 5.10 Å². The Hall–Kier alpha value is -2.82. The van der Waals surface area contributed by atoms with Crippen molar-refractivity contribution in [2.75, 3.05) is 25.1 Å². The van der Waals surface area contributed by atoms with Crippen LogP contribution < -0.4 is 15.1 Å². The standard InChI is InChI=1S/C20H25N3O2/c1-3-4-14-25-19-13-9-8-10-17(19)15-21-22-20(24)16-23(2)18-11-6-5-7-12-18/h5-13,15H,3-4,14,16H2,1-2H3,(H,22,24)/b21-15+. The summed E-state index contributed by atoms with van der Waals surface area (Å²) in [5.41, 5.74) is 4.39. The first-order valence-electron chi connectivity index (χ1n) is 8.50. The molecule has 2 aromatic carbocycles. The summed E-state index contributed by atoms with van der Waals surface area (Å²) < 4.78 is 5.75. The Balaban J connectivity index is 1.87. The largest absolute Gasteiger partial charge is 0.493 e. The lowest BCUT2D eigenvalue weighted by Crippen LogP contribution is -2.32. The maximum absolute atomic E-state index is 12.0. The van der Waals surface area contributed by atoms with E-state index in [1.54, 1.807) is 6.21 Å². The van der Waals surface area contributed by atoms with Gasteiger partial charge in [0.05, 0.1) is 19.4 Å². The number of carbonyl (C=O) groups is 1. The monoisotopic (exact) mass is 339 g/mol. The third-order valence-electron chi connectivity index (χ3n) is 3.65. The number of hydrogen-bond acceptors (Lipinski definition) is 4. The minimum Gasteiger partial charge on any atom is -0.493 e. The lowest BCUT2D eigenvalue weighted by molar-refractivity contribution is -0.119. The summed E-state index contributed by atoms with van der Waals surface area (Å²) in [6, 6.07) is 17.4. The fraction of sp³-hybridized carbons (Fsp3) is 0.300. The van der Waals surface area contributed by atoms with Crippen LogP contribution in [-0.2, 0) is 4.79 Å². The van der Waals surface area contributed by atoms with Crippen LogP contribution in [0.2, 0.25) is 0 Å². The molecule has 0 unspecified atom stereocenters. The lowest BCUT2D eigenvalue weighted by atomic mass is 10.2. The number of unbranched alkanes of at least 4 members (excludes halogenated alkanes) is 1. The molecule has 5 heteroatoms. The molecule has 0 aliphatic carbocycles. The van der Waals surface area contributed by atoms with Gasteiger partial charge in [-0.3, -0.25) is 4.79 Å². The first kappa shape index (κ1) is 18.5. The third kappa shape index (κ3) is 6.30. The Labute approximate surface area is 149 Å². The van der Waals surface area contributed by atoms with Gasteiger partial charge in [-0.2, -0.15) is 5.10 Å². The van der Waals surface area contributed by atoms with Crippen molar-refractivity contribution in [3.8, 4) is 5.75 Å². The van der Waals surface area contributed by atoms with E-state index in [2.05, 4.69) is 17.5 Å². The van der Waals surface area contributed by atoms with Crippen molar-refractivity contribution in [1.82, 2.24) is 5.43 Å². The second kappa shape index (κ2) is 10.1. The van der Waals surface area contributed by atoms with E-state index in [1.165, 1.54) is 0 Å². The van der Waals surface area contributed by atoms with Gasteiger partial charge in [0, 0.05) is 18.3 Å². The van der Waals surface area contributed by atoms with Crippen LogP contribution in [0.15, 0.2) is 59.7 Å². The molecule has 0 aliphatic rings. The van der Waals surface area contributed by atoms with Crippen LogP contribution in [-0.4, -0.2) is 32.3 Å². The van der Waals surface area contributed by atoms with Crippen molar-refractivity contribution >= 4 is 17.8 Å². The molecule has 0 bridgehead atoms. The third-order valence-corrected chi connectivity index (χ3v) is 3.65. The summed E-state index contributed by atoms with van der Waals surface area (Å²) >= 11 is 0. The van der Waals surface area contributed by atoms with E-state index in [-0.39, 0.29) is 12.5 Å². The Kier molecular flexibility index (Phi) is 7.50. The van der Waals surface area contributed by atoms with E-state index in [9.17, 15) is 4.79 Å². The Morgan fingerprint density at radius 2 is 1.88 bits per heavy atom. The number of carbonyl (C=O) groups excluding carboxylic acids is 1. The molecule has 0 radical (unpaired) electrons. The topological polar surface area (TPSA) is 53.9 Å². The molecule has 0 saturated heterocycles. The molecular formula is C20H25N3O2. The zero-order valence-electron chi connectivity index (χ0n) is 14.8. The Morgan fingerprint density at radius 3 is 2.64 bits per heavy atom. The molecule has 0 spiro atoms. The van der Waals surface area contributed by atoms with Gasteiger partial charge in [0.25, 0.3) is 5.91 Å². The summed E-state index contributed by atoms with van der Waals surface area (Å²) in [5, 5.41) is 4.05. The summed E-state index contributed by atoms with van der Waals surface area (Å²) in [7, 11) is 1.87. The van der Waals surface area contributed by atoms with Gasteiger partial charge in [0.15, 0.2) is 0 Å². The van der Waals surface area contributed by atoms with Crippen molar-refractivity contribution in [3.63, 3.8) is 0 Å². The predicted octanol–water partition coefficient (Wildman–Crippen LogP) is 3.45. The van der Waals surface area contributed by atoms with Gasteiger partial charge in [-0.05, 0) is 30.7 Å². The minimum absolute atomic E-state index is 0.174. The van der Waals surface area contributed by atoms with E-state index in [0.29, 0.717) is 6.61 Å². The van der Waals surface area contributed by atoms with Crippen LogP contribution in [0, 0.1) is 0 Å². The van der Waals surface area contributed by atoms with Gasteiger partial charge in [-0.15, -0.1) is 0 Å². The van der Waals surface area contributed by atoms with E-state index in [4.69, 9.17) is 4.74 Å². The summed E-state index contributed by atoms with van der Waals surface area (Å²) in [5.74, 6) is 0.599. The molecule has 5 nitrogen and oxygen atoms in total. The second-order valence-electron chi connectivity index (χ2n) is 5.72. The molecular weight excluding hydrogens is 314 g/mol. The fourth-order valence-corrected chi connectivity index (χ4v) is 2.24. The van der Waals surface area contributed by atoms with Crippen LogP contribution >= 0.6 is 0 Å². The molecule has 0 heterocycles. The highest BCUT2D eigenvalue weighted by molar-refractivity contribution is 5.86. The van der Waals surface area contributed by atoms with Gasteiger partial charge in [0.2, 0.25) is 0 Å². The maximum Gasteiger partial charge on any atom is 0.259 e. The van der Waals surface area contributed by atoms with Crippen molar-refractivity contribution in [3.05, 3.63) is 60.2 Å². The van der Waals surface area contributed by atoms with Gasteiger partial charge in [-0.1, -0.05) is 43.7 Å². The molecule has 0 fully saturated rings. The average Bonchev–Trinajstić information content (AvgIpc) is 2.64. The number of rotatable bonds is 9. The smallest absolute Gasteiger partial charge is 0.259 e. The summed E-state index contributed by atoms with van der Waals surface area (Å²) in [6.07, 6.45) is 3.71. The zero-order chi connectivity index (χ0) is 17.9. The number of hydrogen-bond donors (Lipinski definition) is 1. The van der Waals surface area contributed by atoms with E-state index in [0.717, 1.165) is 29.8 Å². The van der Waals surface area contributed by atoms with Crippen LogP contribution in [0.25, 0.3) is 0 Å². The number of amides is 1. The Morgan fingerprint density at radius 1 is 1.16 bits per heavy atom. The van der Waals surface area contributed by atoms with E-state index >= 15 is 0 Å². The maximum atomic E-state index is 12.0. The minimum atomic E-state index is -0.174. The molecule has 1 N–H and O–H groups in total. The summed E-state index contributed by atoms with van der Waals surface area (Å²) in [4.78, 5) is 13.9.